The molecule has 5 nitrogen and oxygen atoms in total. The van der Waals surface area contributed by atoms with E-state index in [4.69, 9.17) is 24.1 Å². The van der Waals surface area contributed by atoms with Crippen LogP contribution in [0.25, 0.3) is 94.1 Å². The van der Waals surface area contributed by atoms with Crippen LogP contribution in [0.2, 0.25) is 0 Å². The zero-order valence-corrected chi connectivity index (χ0v) is 31.2. The van der Waals surface area contributed by atoms with Crippen molar-refractivity contribution in [3.63, 3.8) is 0 Å². The average molecular weight is 744 g/mol. The van der Waals surface area contributed by atoms with Gasteiger partial charge in [-0.1, -0.05) is 164 Å². The summed E-state index contributed by atoms with van der Waals surface area (Å²) >= 11 is 0. The maximum absolute atomic E-state index is 6.76. The Morgan fingerprint density at radius 2 is 1.09 bits per heavy atom. The summed E-state index contributed by atoms with van der Waals surface area (Å²) in [4.78, 5) is 15.7. The summed E-state index contributed by atoms with van der Waals surface area (Å²) in [7, 11) is 0. The number of ether oxygens (including phenoxy) is 1. The van der Waals surface area contributed by atoms with Crippen LogP contribution >= 0.6 is 0 Å². The number of aromatic nitrogens is 3. The van der Waals surface area contributed by atoms with Crippen LogP contribution in [-0.2, 0) is 0 Å². The van der Waals surface area contributed by atoms with Crippen molar-refractivity contribution in [2.75, 3.05) is 0 Å². The van der Waals surface area contributed by atoms with Gasteiger partial charge in [0.05, 0.1) is 5.92 Å². The monoisotopic (exact) mass is 743 g/mol. The van der Waals surface area contributed by atoms with Crippen molar-refractivity contribution in [3.05, 3.63) is 199 Å². The first-order valence-corrected chi connectivity index (χ1v) is 19.7. The number of para-hydroxylation sites is 1. The molecule has 2 aliphatic rings. The third-order valence-electron chi connectivity index (χ3n) is 11.7. The third kappa shape index (κ3) is 5.14. The summed E-state index contributed by atoms with van der Waals surface area (Å²) in [6.07, 6.45) is 6.17. The van der Waals surface area contributed by atoms with Crippen LogP contribution in [0, 0.1) is 0 Å². The summed E-state index contributed by atoms with van der Waals surface area (Å²) in [5, 5.41) is 6.73. The second kappa shape index (κ2) is 13.0. The van der Waals surface area contributed by atoms with Crippen LogP contribution in [0.3, 0.4) is 0 Å². The number of hydrogen-bond acceptors (Lipinski definition) is 5. The minimum Gasteiger partial charge on any atom is -0.484 e. The molecule has 272 valence electrons. The smallest absolute Gasteiger partial charge is 0.164 e. The van der Waals surface area contributed by atoms with Crippen molar-refractivity contribution in [2.45, 2.75) is 12.0 Å². The van der Waals surface area contributed by atoms with Gasteiger partial charge >= 0.3 is 0 Å². The molecule has 0 bridgehead atoms. The van der Waals surface area contributed by atoms with Crippen molar-refractivity contribution in [3.8, 4) is 50.8 Å². The van der Waals surface area contributed by atoms with Gasteiger partial charge in [0.25, 0.3) is 0 Å². The van der Waals surface area contributed by atoms with Crippen LogP contribution in [0.1, 0.15) is 17.3 Å². The summed E-state index contributed by atoms with van der Waals surface area (Å²) in [5.74, 6) is 2.71. The molecule has 5 heteroatoms. The van der Waals surface area contributed by atoms with Gasteiger partial charge in [-0.05, 0) is 62.5 Å². The number of hydrogen-bond donors (Lipinski definition) is 0. The second-order valence-electron chi connectivity index (χ2n) is 15.0. The summed E-state index contributed by atoms with van der Waals surface area (Å²) in [6, 6.07) is 59.2. The summed E-state index contributed by atoms with van der Waals surface area (Å²) < 4.78 is 13.2. The molecule has 0 spiro atoms. The quantitative estimate of drug-likeness (QED) is 0.176. The van der Waals surface area contributed by atoms with Crippen LogP contribution in [-0.4, -0.2) is 21.1 Å². The van der Waals surface area contributed by atoms with E-state index < -0.39 is 0 Å². The molecule has 0 amide bonds. The molecule has 8 aromatic carbocycles. The number of allylic oxidation sites excluding steroid dienone is 2. The fourth-order valence-electron chi connectivity index (χ4n) is 9.06. The molecule has 0 radical (unpaired) electrons. The fourth-order valence-corrected chi connectivity index (χ4v) is 9.06. The lowest BCUT2D eigenvalue weighted by Crippen LogP contribution is -2.20. The predicted molar refractivity (Wildman–Crippen MR) is 235 cm³/mol. The van der Waals surface area contributed by atoms with Gasteiger partial charge in [0.1, 0.15) is 23.0 Å². The number of benzene rings is 8. The highest BCUT2D eigenvalue weighted by Crippen LogP contribution is 2.51. The Kier molecular flexibility index (Phi) is 7.29. The number of fused-ring (bicyclic) bond motifs is 8. The van der Waals surface area contributed by atoms with Crippen LogP contribution in [0.5, 0.6) is 5.75 Å². The average Bonchev–Trinajstić information content (AvgIpc) is 3.86. The predicted octanol–water partition coefficient (Wildman–Crippen LogP) is 13.2. The van der Waals surface area contributed by atoms with Crippen LogP contribution < -0.4 is 4.74 Å². The van der Waals surface area contributed by atoms with Crippen molar-refractivity contribution < 1.29 is 9.15 Å². The molecule has 0 fully saturated rings. The van der Waals surface area contributed by atoms with E-state index in [1.807, 2.05) is 24.3 Å². The van der Waals surface area contributed by atoms with Crippen LogP contribution in [0.15, 0.2) is 193 Å². The fraction of sp³-hybridized carbons (Fsp3) is 0.0377. The highest BCUT2D eigenvalue weighted by atomic mass is 16.5. The first-order valence-electron chi connectivity index (χ1n) is 19.7. The molecule has 1 aliphatic carbocycles. The van der Waals surface area contributed by atoms with Gasteiger partial charge in [0.2, 0.25) is 0 Å². The lowest BCUT2D eigenvalue weighted by atomic mass is 9.83. The van der Waals surface area contributed by atoms with Crippen molar-refractivity contribution >= 4 is 49.1 Å². The molecule has 2 unspecified atom stereocenters. The zero-order chi connectivity index (χ0) is 38.2. The molecular formula is C53H33N3O2. The molecule has 1 aliphatic heterocycles. The first kappa shape index (κ1) is 32.6. The van der Waals surface area contributed by atoms with Crippen LogP contribution in [0.4, 0.5) is 0 Å². The van der Waals surface area contributed by atoms with Crippen molar-refractivity contribution in [2.24, 2.45) is 0 Å². The highest BCUT2D eigenvalue weighted by Gasteiger charge is 2.40. The SMILES string of the molecule is C1=CC2Oc3c(-c4ccccc4)cccc3C2C(c2nc(-c3ccccc3)nc(-c3cccc4c(-c5cccc6oc7cc8ccccc8cc7c56)cccc34)n2)=C1. The Labute approximate surface area is 334 Å². The minimum absolute atomic E-state index is 0.0796. The standard InChI is InChI=1S/C53H33N3O2/c1-3-14-32(15-4-1)36-20-9-26-42-49-43(27-13-29-46(49)58-50(36)42)53-55-51(33-16-5-2-6-17-33)54-52(56-53)41-25-11-21-37-38(22-10-23-39(37)41)40-24-12-28-45-48(40)44-30-34-18-7-8-19-35(34)31-47(44)57-45/h1-31,46,49H. The third-order valence-corrected chi connectivity index (χ3v) is 11.7. The molecule has 3 heterocycles. The Morgan fingerprint density at radius 3 is 1.91 bits per heavy atom. The molecule has 10 aromatic rings. The molecule has 0 N–H and O–H groups in total. The molecule has 2 aromatic heterocycles. The largest absolute Gasteiger partial charge is 0.484 e. The van der Waals surface area contributed by atoms with Gasteiger partial charge in [-0.15, -0.1) is 0 Å². The molecule has 0 saturated carbocycles. The Bertz CT molecular complexity index is 3330. The van der Waals surface area contributed by atoms with E-state index in [0.717, 1.165) is 88.4 Å². The van der Waals surface area contributed by atoms with E-state index in [2.05, 4.69) is 164 Å². The zero-order valence-electron chi connectivity index (χ0n) is 31.2. The Balaban J connectivity index is 1.03. The first-order chi connectivity index (χ1) is 28.7. The summed E-state index contributed by atoms with van der Waals surface area (Å²) in [6.45, 7) is 0. The van der Waals surface area contributed by atoms with E-state index in [1.165, 1.54) is 5.39 Å². The van der Waals surface area contributed by atoms with E-state index >= 15 is 0 Å². The van der Waals surface area contributed by atoms with Gasteiger partial charge in [0, 0.05) is 38.6 Å². The lowest BCUT2D eigenvalue weighted by molar-refractivity contribution is 0.272. The van der Waals surface area contributed by atoms with E-state index in [9.17, 15) is 0 Å². The lowest BCUT2D eigenvalue weighted by Gasteiger charge is -2.22. The van der Waals surface area contributed by atoms with Crippen molar-refractivity contribution in [1.29, 1.82) is 0 Å². The number of rotatable bonds is 5. The Morgan fingerprint density at radius 1 is 0.448 bits per heavy atom. The maximum atomic E-state index is 6.76. The van der Waals surface area contributed by atoms with Gasteiger partial charge in [-0.3, -0.25) is 0 Å². The van der Waals surface area contributed by atoms with E-state index in [1.54, 1.807) is 0 Å². The van der Waals surface area contributed by atoms with Gasteiger partial charge < -0.3 is 9.15 Å². The van der Waals surface area contributed by atoms with E-state index in [-0.39, 0.29) is 12.0 Å². The Hall–Kier alpha value is -7.63. The van der Waals surface area contributed by atoms with Crippen molar-refractivity contribution in [1.82, 2.24) is 15.0 Å². The van der Waals surface area contributed by atoms with Gasteiger partial charge in [0.15, 0.2) is 17.5 Å². The van der Waals surface area contributed by atoms with E-state index in [0.29, 0.717) is 17.5 Å². The molecule has 2 atom stereocenters. The molecular weight excluding hydrogens is 711 g/mol. The topological polar surface area (TPSA) is 61.0 Å². The minimum atomic E-state index is -0.180. The van der Waals surface area contributed by atoms with Gasteiger partial charge in [-0.25, -0.2) is 15.0 Å². The summed E-state index contributed by atoms with van der Waals surface area (Å²) in [5.41, 5.74) is 10.2. The normalized spacial score (nSPS) is 15.8. The second-order valence-corrected chi connectivity index (χ2v) is 15.0. The number of furan rings is 1. The molecule has 0 saturated heterocycles. The van der Waals surface area contributed by atoms with Gasteiger partial charge in [-0.2, -0.15) is 0 Å². The molecule has 58 heavy (non-hydrogen) atoms. The number of nitrogens with zero attached hydrogens (tertiary/aromatic N) is 3. The highest BCUT2D eigenvalue weighted by molar-refractivity contribution is 6.18. The maximum Gasteiger partial charge on any atom is 0.164 e. The molecule has 12 rings (SSSR count).